The molecule has 0 saturated carbocycles. The average molecular weight is 718 g/mol. The molecule has 2 aromatic heterocycles. The van der Waals surface area contributed by atoms with E-state index in [4.69, 9.17) is 46.4 Å². The van der Waals surface area contributed by atoms with Gasteiger partial charge in [0, 0.05) is 67.5 Å². The van der Waals surface area contributed by atoms with Crippen molar-refractivity contribution in [3.63, 3.8) is 0 Å². The van der Waals surface area contributed by atoms with E-state index in [1.165, 1.54) is 4.40 Å². The average Bonchev–Trinajstić information content (AvgIpc) is 2.89. The van der Waals surface area contributed by atoms with E-state index in [9.17, 15) is 9.59 Å². The summed E-state index contributed by atoms with van der Waals surface area (Å²) < 4.78 is 3.00. The topological polar surface area (TPSA) is 51.4 Å². The quantitative estimate of drug-likeness (QED) is 0.116. The molecule has 0 N–H and O–H groups in total. The summed E-state index contributed by atoms with van der Waals surface area (Å²) in [5, 5.41) is 8.44. The van der Waals surface area contributed by atoms with Crippen LogP contribution < -0.4 is 11.1 Å². The van der Waals surface area contributed by atoms with Crippen molar-refractivity contribution >= 4 is 149 Å². The minimum Gasteiger partial charge on any atom is -0.268 e. The smallest absolute Gasteiger partial charge is 0.268 e. The van der Waals surface area contributed by atoms with Crippen LogP contribution in [0.5, 0.6) is 0 Å². The Morgan fingerprint density at radius 3 is 1.72 bits per heavy atom. The second-order valence-corrected chi connectivity index (χ2v) is 12.7. The molecule has 0 aliphatic heterocycles. The molecule has 2 heterocycles. The maximum atomic E-state index is 14.1. The van der Waals surface area contributed by atoms with Crippen LogP contribution in [-0.2, 0) is 0 Å². The standard InChI is InChI=1S/C29H8Br2Cl4N2O2/c30-12-7-16(34)23-21-14(32)5-10-19-11(29(39)37-18-4-2-1-3-9(18)28(38)36-27(10)37)6-15(33)22(25(19)21)24-17(35)8-13(31)20(12)26(23)24/h1-8H. The van der Waals surface area contributed by atoms with Crippen LogP contribution in [0.3, 0.4) is 0 Å². The molecule has 0 atom stereocenters. The van der Waals surface area contributed by atoms with Gasteiger partial charge in [0.2, 0.25) is 0 Å². The number of benzene rings is 6. The van der Waals surface area contributed by atoms with E-state index in [0.29, 0.717) is 74.1 Å². The zero-order valence-corrected chi connectivity index (χ0v) is 25.3. The lowest BCUT2D eigenvalue weighted by molar-refractivity contribution is 1.11. The van der Waals surface area contributed by atoms with E-state index < -0.39 is 5.56 Å². The van der Waals surface area contributed by atoms with Crippen LogP contribution in [0.1, 0.15) is 0 Å². The first-order chi connectivity index (χ1) is 18.7. The lowest BCUT2D eigenvalue weighted by atomic mass is 9.87. The maximum Gasteiger partial charge on any atom is 0.281 e. The third kappa shape index (κ3) is 2.95. The fourth-order valence-corrected chi connectivity index (χ4v) is 9.05. The van der Waals surface area contributed by atoms with Crippen LogP contribution in [0.25, 0.3) is 70.4 Å². The predicted molar refractivity (Wildman–Crippen MR) is 171 cm³/mol. The summed E-state index contributed by atoms with van der Waals surface area (Å²) in [7, 11) is 0. The van der Waals surface area contributed by atoms with Crippen LogP contribution in [0.4, 0.5) is 0 Å². The van der Waals surface area contributed by atoms with Gasteiger partial charge in [-0.15, -0.1) is 0 Å². The number of hydrogen-bond donors (Lipinski definition) is 0. The molecule has 0 spiro atoms. The first kappa shape index (κ1) is 24.4. The molecule has 0 unspecified atom stereocenters. The first-order valence-corrected chi connectivity index (χ1v) is 14.6. The van der Waals surface area contributed by atoms with Gasteiger partial charge in [-0.1, -0.05) is 90.4 Å². The van der Waals surface area contributed by atoms with Gasteiger partial charge >= 0.3 is 0 Å². The highest BCUT2D eigenvalue weighted by molar-refractivity contribution is 9.11. The highest BCUT2D eigenvalue weighted by atomic mass is 79.9. The zero-order chi connectivity index (χ0) is 27.1. The second kappa shape index (κ2) is 8.06. The van der Waals surface area contributed by atoms with Crippen molar-refractivity contribution in [3.8, 4) is 0 Å². The first-order valence-electron chi connectivity index (χ1n) is 11.5. The molecule has 6 aromatic carbocycles. The van der Waals surface area contributed by atoms with Crippen molar-refractivity contribution in [1.82, 2.24) is 9.38 Å². The second-order valence-electron chi connectivity index (χ2n) is 9.39. The van der Waals surface area contributed by atoms with Gasteiger partial charge in [0.05, 0.1) is 26.3 Å². The Kier molecular flexibility index (Phi) is 5.03. The monoisotopic (exact) mass is 714 g/mol. The van der Waals surface area contributed by atoms with E-state index >= 15 is 0 Å². The molecule has 188 valence electrons. The molecule has 4 nitrogen and oxygen atoms in total. The van der Waals surface area contributed by atoms with E-state index in [0.717, 1.165) is 19.7 Å². The van der Waals surface area contributed by atoms with Crippen molar-refractivity contribution in [2.45, 2.75) is 0 Å². The van der Waals surface area contributed by atoms with Crippen molar-refractivity contribution in [2.24, 2.45) is 0 Å². The van der Waals surface area contributed by atoms with Crippen LogP contribution in [0.2, 0.25) is 20.1 Å². The summed E-state index contributed by atoms with van der Waals surface area (Å²) in [5.74, 6) is 0. The SMILES string of the molecule is O=c1nc2c3cc(Cl)c4c5c(Cl)cc(Br)c6c(Br)cc(Cl)c(c7c(Cl)cc(c(=O)n2c2ccccc12)c3c74)c65. The van der Waals surface area contributed by atoms with Crippen molar-refractivity contribution in [2.75, 3.05) is 0 Å². The van der Waals surface area contributed by atoms with Crippen molar-refractivity contribution in [1.29, 1.82) is 0 Å². The molecule has 8 rings (SSSR count). The largest absolute Gasteiger partial charge is 0.281 e. The molecule has 0 aliphatic rings. The third-order valence-electron chi connectivity index (χ3n) is 7.49. The summed E-state index contributed by atoms with van der Waals surface area (Å²) >= 11 is 35.2. The van der Waals surface area contributed by atoms with Crippen molar-refractivity contribution < 1.29 is 0 Å². The molecule has 8 aromatic rings. The molecule has 0 bridgehead atoms. The molecular weight excluding hydrogens is 710 g/mol. The Bertz CT molecular complexity index is 2500. The summed E-state index contributed by atoms with van der Waals surface area (Å²) in [4.78, 5) is 31.5. The number of fused-ring (bicyclic) bond motifs is 6. The van der Waals surface area contributed by atoms with Gasteiger partial charge in [0.25, 0.3) is 11.1 Å². The summed E-state index contributed by atoms with van der Waals surface area (Å²) in [6.45, 7) is 0. The van der Waals surface area contributed by atoms with Gasteiger partial charge < -0.3 is 0 Å². The van der Waals surface area contributed by atoms with Gasteiger partial charge in [0.1, 0.15) is 0 Å². The van der Waals surface area contributed by atoms with Crippen LogP contribution in [-0.4, -0.2) is 9.38 Å². The summed E-state index contributed by atoms with van der Waals surface area (Å²) in [6, 6.07) is 13.9. The normalized spacial score (nSPS) is 12.6. The van der Waals surface area contributed by atoms with Crippen LogP contribution in [0.15, 0.2) is 67.1 Å². The number of pyridine rings is 1. The lowest BCUT2D eigenvalue weighted by Crippen LogP contribution is -2.21. The Morgan fingerprint density at radius 2 is 1.10 bits per heavy atom. The van der Waals surface area contributed by atoms with Crippen LogP contribution >= 0.6 is 78.3 Å². The summed E-state index contributed by atoms with van der Waals surface area (Å²) in [5.41, 5.74) is -0.0985. The zero-order valence-electron chi connectivity index (χ0n) is 19.1. The number of halogens is 6. The Balaban J connectivity index is 1.82. The van der Waals surface area contributed by atoms with E-state index in [2.05, 4.69) is 36.8 Å². The Hall–Kier alpha value is -2.45. The highest BCUT2D eigenvalue weighted by Crippen LogP contribution is 2.53. The van der Waals surface area contributed by atoms with E-state index in [-0.39, 0.29) is 11.2 Å². The molecule has 0 fully saturated rings. The van der Waals surface area contributed by atoms with Gasteiger partial charge in [-0.2, -0.15) is 4.98 Å². The molecule has 0 radical (unpaired) electrons. The lowest BCUT2D eigenvalue weighted by Gasteiger charge is -2.21. The van der Waals surface area contributed by atoms with Gasteiger partial charge in [-0.05, 0) is 36.4 Å². The minimum atomic E-state index is -0.432. The summed E-state index contributed by atoms with van der Waals surface area (Å²) in [6.07, 6.45) is 0. The predicted octanol–water partition coefficient (Wildman–Crippen LogP) is 9.99. The van der Waals surface area contributed by atoms with Crippen LogP contribution in [0, 0.1) is 0 Å². The Morgan fingerprint density at radius 1 is 0.590 bits per heavy atom. The highest BCUT2D eigenvalue weighted by Gasteiger charge is 2.27. The fraction of sp³-hybridized carbons (Fsp3) is 0. The van der Waals surface area contributed by atoms with E-state index in [1.54, 1.807) is 36.4 Å². The number of aromatic nitrogens is 2. The fourth-order valence-electron chi connectivity index (χ4n) is 6.05. The minimum absolute atomic E-state index is 0.220. The number of hydrogen-bond acceptors (Lipinski definition) is 3. The number of rotatable bonds is 0. The maximum absolute atomic E-state index is 14.1. The van der Waals surface area contributed by atoms with Crippen molar-refractivity contribution in [3.05, 3.63) is 98.3 Å². The molecule has 10 heteroatoms. The van der Waals surface area contributed by atoms with Gasteiger partial charge in [0.15, 0.2) is 5.65 Å². The third-order valence-corrected chi connectivity index (χ3v) is 9.93. The number of nitrogens with zero attached hydrogens (tertiary/aromatic N) is 2. The molecular formula is C29H8Br2Cl4N2O2. The molecule has 39 heavy (non-hydrogen) atoms. The molecule has 0 aliphatic carbocycles. The molecule has 0 amide bonds. The van der Waals surface area contributed by atoms with E-state index in [1.807, 2.05) is 12.1 Å². The van der Waals surface area contributed by atoms with Gasteiger partial charge in [-0.25, -0.2) is 0 Å². The number of para-hydroxylation sites is 1. The molecule has 0 saturated heterocycles. The van der Waals surface area contributed by atoms with Gasteiger partial charge in [-0.3, -0.25) is 14.0 Å². The Labute approximate surface area is 254 Å².